The van der Waals surface area contributed by atoms with Gasteiger partial charge in [-0.1, -0.05) is 36.4 Å². The molecule has 4 aromatic rings. The van der Waals surface area contributed by atoms with Gasteiger partial charge in [0.05, 0.1) is 12.9 Å². The van der Waals surface area contributed by atoms with Crippen molar-refractivity contribution in [2.45, 2.75) is 11.4 Å². The molecule has 7 nitrogen and oxygen atoms in total. The number of nitrogens with one attached hydrogen (secondary N) is 1. The summed E-state index contributed by atoms with van der Waals surface area (Å²) in [5, 5.41) is 4.12. The monoisotopic (exact) mass is 528 g/mol. The molecular weight excluding hydrogens is 496 g/mol. The summed E-state index contributed by atoms with van der Waals surface area (Å²) in [6.45, 7) is 4.31. The number of thioether (sulfide) groups is 1. The number of amides is 2. The molecule has 1 aromatic heterocycles. The number of carbonyl (C=O) groups excluding carboxylic acids is 2. The molecule has 1 saturated heterocycles. The Morgan fingerprint density at radius 1 is 0.895 bits per heavy atom. The van der Waals surface area contributed by atoms with Gasteiger partial charge < -0.3 is 24.4 Å². The van der Waals surface area contributed by atoms with Crippen molar-refractivity contribution in [2.24, 2.45) is 0 Å². The molecule has 5 rings (SSSR count). The van der Waals surface area contributed by atoms with E-state index in [9.17, 15) is 9.59 Å². The van der Waals surface area contributed by atoms with E-state index in [2.05, 4.69) is 57.4 Å². The third kappa shape index (κ3) is 5.97. The first-order valence-corrected chi connectivity index (χ1v) is 13.8. The topological polar surface area (TPSA) is 66.8 Å². The molecule has 0 atom stereocenters. The highest BCUT2D eigenvalue weighted by Crippen LogP contribution is 2.30. The Balaban J connectivity index is 1.15. The van der Waals surface area contributed by atoms with Gasteiger partial charge >= 0.3 is 0 Å². The minimum absolute atomic E-state index is 0.114. The lowest BCUT2D eigenvalue weighted by atomic mass is 10.2. The van der Waals surface area contributed by atoms with Gasteiger partial charge in [0, 0.05) is 72.5 Å². The molecule has 8 heteroatoms. The molecule has 2 heterocycles. The van der Waals surface area contributed by atoms with Crippen molar-refractivity contribution in [1.82, 2.24) is 14.8 Å². The van der Waals surface area contributed by atoms with Crippen molar-refractivity contribution >= 4 is 40.2 Å². The van der Waals surface area contributed by atoms with Gasteiger partial charge in [-0.25, -0.2) is 0 Å². The highest BCUT2D eigenvalue weighted by molar-refractivity contribution is 8.00. The zero-order chi connectivity index (χ0) is 26.3. The number of rotatable bonds is 9. The summed E-state index contributed by atoms with van der Waals surface area (Å²) >= 11 is 1.58. The smallest absolute Gasteiger partial charge is 0.251 e. The van der Waals surface area contributed by atoms with E-state index in [1.54, 1.807) is 43.1 Å². The number of hydrogen-bond donors (Lipinski definition) is 1. The van der Waals surface area contributed by atoms with Crippen LogP contribution in [-0.2, 0) is 11.3 Å². The Hall–Kier alpha value is -3.91. The fraction of sp³-hybridized carbons (Fsp3) is 0.267. The van der Waals surface area contributed by atoms with Gasteiger partial charge in [0.15, 0.2) is 0 Å². The summed E-state index contributed by atoms with van der Waals surface area (Å²) in [5.41, 5.74) is 2.90. The number of anilines is 1. The van der Waals surface area contributed by atoms with Gasteiger partial charge in [-0.2, -0.15) is 0 Å². The standard InChI is InChI=1S/C30H32N4O3S/c1-37-25-13-11-23(12-14-25)30(36)31-15-16-34-21-28(26-9-5-6-10-27(26)34)38-22-29(35)33-19-17-32(18-20-33)24-7-3-2-4-8-24/h2-14,21H,15-20,22H2,1H3,(H,31,36). The molecule has 1 N–H and O–H groups in total. The second kappa shape index (κ2) is 12.1. The van der Waals surface area contributed by atoms with Gasteiger partial charge in [-0.05, 0) is 42.5 Å². The number of benzene rings is 3. The van der Waals surface area contributed by atoms with Gasteiger partial charge in [0.1, 0.15) is 5.75 Å². The van der Waals surface area contributed by atoms with E-state index in [1.165, 1.54) is 5.69 Å². The molecule has 1 aliphatic rings. The number of aromatic nitrogens is 1. The van der Waals surface area contributed by atoms with Gasteiger partial charge in [0.2, 0.25) is 5.91 Å². The normalized spacial score (nSPS) is 13.5. The van der Waals surface area contributed by atoms with E-state index in [0.717, 1.165) is 47.7 Å². The first kappa shape index (κ1) is 25.7. The maximum absolute atomic E-state index is 13.0. The van der Waals surface area contributed by atoms with E-state index in [0.29, 0.717) is 24.4 Å². The van der Waals surface area contributed by atoms with Crippen LogP contribution in [-0.4, -0.2) is 66.9 Å². The molecule has 1 fully saturated rings. The molecule has 38 heavy (non-hydrogen) atoms. The van der Waals surface area contributed by atoms with Crippen LogP contribution in [0.25, 0.3) is 10.9 Å². The number of methoxy groups -OCH3 is 1. The summed E-state index contributed by atoms with van der Waals surface area (Å²) in [6.07, 6.45) is 2.09. The Bertz CT molecular complexity index is 1380. The Labute approximate surface area is 227 Å². The number of carbonyl (C=O) groups is 2. The summed E-state index contributed by atoms with van der Waals surface area (Å²) in [4.78, 5) is 30.9. The quantitative estimate of drug-likeness (QED) is 0.324. The van der Waals surface area contributed by atoms with E-state index in [-0.39, 0.29) is 11.8 Å². The number of ether oxygens (including phenoxy) is 1. The van der Waals surface area contributed by atoms with Crippen molar-refractivity contribution in [2.75, 3.05) is 50.5 Å². The van der Waals surface area contributed by atoms with Crippen LogP contribution >= 0.6 is 11.8 Å². The van der Waals surface area contributed by atoms with Crippen molar-refractivity contribution in [3.8, 4) is 5.75 Å². The highest BCUT2D eigenvalue weighted by atomic mass is 32.2. The zero-order valence-corrected chi connectivity index (χ0v) is 22.3. The molecular formula is C30H32N4O3S. The SMILES string of the molecule is COc1ccc(C(=O)NCCn2cc(SCC(=O)N3CCN(c4ccccc4)CC3)c3ccccc32)cc1. The van der Waals surface area contributed by atoms with Crippen LogP contribution in [0, 0.1) is 0 Å². The molecule has 2 amide bonds. The maximum atomic E-state index is 13.0. The van der Waals surface area contributed by atoms with Crippen molar-refractivity contribution in [3.63, 3.8) is 0 Å². The Morgan fingerprint density at radius 2 is 1.61 bits per heavy atom. The zero-order valence-electron chi connectivity index (χ0n) is 21.5. The average molecular weight is 529 g/mol. The second-order valence-corrected chi connectivity index (χ2v) is 10.2. The lowest BCUT2D eigenvalue weighted by Crippen LogP contribution is -2.49. The lowest BCUT2D eigenvalue weighted by Gasteiger charge is -2.36. The minimum atomic E-state index is -0.114. The molecule has 196 valence electrons. The van der Waals surface area contributed by atoms with Crippen LogP contribution in [0.1, 0.15) is 10.4 Å². The van der Waals surface area contributed by atoms with E-state index in [4.69, 9.17) is 4.74 Å². The van der Waals surface area contributed by atoms with E-state index >= 15 is 0 Å². The molecule has 0 spiro atoms. The number of nitrogens with zero attached hydrogens (tertiary/aromatic N) is 3. The van der Waals surface area contributed by atoms with Gasteiger partial charge in [-0.3, -0.25) is 9.59 Å². The van der Waals surface area contributed by atoms with Gasteiger partial charge in [0.25, 0.3) is 5.91 Å². The molecule has 1 aliphatic heterocycles. The third-order valence-corrected chi connectivity index (χ3v) is 7.87. The predicted molar refractivity (Wildman–Crippen MR) is 153 cm³/mol. The van der Waals surface area contributed by atoms with Crippen LogP contribution in [0.15, 0.2) is 90.0 Å². The fourth-order valence-corrected chi connectivity index (χ4v) is 5.72. The highest BCUT2D eigenvalue weighted by Gasteiger charge is 2.22. The third-order valence-electron chi connectivity index (χ3n) is 6.85. The number of para-hydroxylation sites is 2. The number of piperazine rings is 1. The summed E-state index contributed by atoms with van der Waals surface area (Å²) in [7, 11) is 1.60. The average Bonchev–Trinajstić information content (AvgIpc) is 3.34. The van der Waals surface area contributed by atoms with Crippen molar-refractivity contribution < 1.29 is 14.3 Å². The fourth-order valence-electron chi connectivity index (χ4n) is 4.73. The maximum Gasteiger partial charge on any atom is 0.251 e. The molecule has 0 saturated carbocycles. The Morgan fingerprint density at radius 3 is 2.34 bits per heavy atom. The summed E-state index contributed by atoms with van der Waals surface area (Å²) in [6, 6.07) is 25.6. The predicted octanol–water partition coefficient (Wildman–Crippen LogP) is 4.52. The van der Waals surface area contributed by atoms with E-state index in [1.807, 2.05) is 23.1 Å². The minimum Gasteiger partial charge on any atom is -0.497 e. The number of hydrogen-bond acceptors (Lipinski definition) is 5. The molecule has 3 aromatic carbocycles. The Kier molecular flexibility index (Phi) is 8.19. The summed E-state index contributed by atoms with van der Waals surface area (Å²) < 4.78 is 7.31. The molecule has 0 aliphatic carbocycles. The lowest BCUT2D eigenvalue weighted by molar-refractivity contribution is -0.128. The first-order valence-electron chi connectivity index (χ1n) is 12.8. The van der Waals surface area contributed by atoms with E-state index < -0.39 is 0 Å². The number of fused-ring (bicyclic) bond motifs is 1. The van der Waals surface area contributed by atoms with Crippen LogP contribution in [0.2, 0.25) is 0 Å². The molecule has 0 unspecified atom stereocenters. The largest absolute Gasteiger partial charge is 0.497 e. The van der Waals surface area contributed by atoms with Crippen LogP contribution < -0.4 is 15.0 Å². The molecule has 0 radical (unpaired) electrons. The van der Waals surface area contributed by atoms with Gasteiger partial charge in [-0.15, -0.1) is 11.8 Å². The molecule has 0 bridgehead atoms. The first-order chi connectivity index (χ1) is 18.6. The van der Waals surface area contributed by atoms with Crippen molar-refractivity contribution in [3.05, 3.63) is 90.6 Å². The summed E-state index contributed by atoms with van der Waals surface area (Å²) in [5.74, 6) is 1.19. The van der Waals surface area contributed by atoms with Crippen LogP contribution in [0.3, 0.4) is 0 Å². The van der Waals surface area contributed by atoms with Crippen molar-refractivity contribution in [1.29, 1.82) is 0 Å². The second-order valence-electron chi connectivity index (χ2n) is 9.18. The van der Waals surface area contributed by atoms with Crippen LogP contribution in [0.5, 0.6) is 5.75 Å². The van der Waals surface area contributed by atoms with Crippen LogP contribution in [0.4, 0.5) is 5.69 Å².